The van der Waals surface area contributed by atoms with Gasteiger partial charge in [0.25, 0.3) is 0 Å². The van der Waals surface area contributed by atoms with Gasteiger partial charge in [0.2, 0.25) is 0 Å². The van der Waals surface area contributed by atoms with Gasteiger partial charge in [-0.15, -0.1) is 0 Å². The van der Waals surface area contributed by atoms with Gasteiger partial charge in [0.15, 0.2) is 5.82 Å². The third kappa shape index (κ3) is 3.86. The average molecular weight is 477 g/mol. The van der Waals surface area contributed by atoms with E-state index in [9.17, 15) is 4.39 Å². The Morgan fingerprint density at radius 3 is 2.56 bits per heavy atom. The van der Waals surface area contributed by atoms with Crippen molar-refractivity contribution in [2.45, 2.75) is 13.8 Å². The van der Waals surface area contributed by atoms with Crippen LogP contribution in [0, 0.1) is 19.7 Å². The van der Waals surface area contributed by atoms with E-state index >= 15 is 0 Å². The summed E-state index contributed by atoms with van der Waals surface area (Å²) in [4.78, 5) is 13.6. The number of anilines is 2. The number of methoxy groups -OCH3 is 1. The summed E-state index contributed by atoms with van der Waals surface area (Å²) < 4.78 is 23.9. The summed E-state index contributed by atoms with van der Waals surface area (Å²) in [6.07, 6.45) is 3.37. The molecule has 3 heterocycles. The minimum Gasteiger partial charge on any atom is -0.495 e. The van der Waals surface area contributed by atoms with Crippen LogP contribution >= 0.6 is 11.6 Å². The molecule has 0 amide bonds. The average Bonchev–Trinajstić information content (AvgIpc) is 3.38. The van der Waals surface area contributed by atoms with E-state index in [2.05, 4.69) is 15.3 Å². The smallest absolute Gasteiger partial charge is 0.158 e. The lowest BCUT2D eigenvalue weighted by Crippen LogP contribution is -2.00. The van der Waals surface area contributed by atoms with E-state index in [1.54, 1.807) is 42.4 Å². The number of halogens is 2. The topological polar surface area (TPSA) is 69.8 Å². The first-order valence-corrected chi connectivity index (χ1v) is 11.0. The van der Waals surface area contributed by atoms with E-state index in [-0.39, 0.29) is 5.82 Å². The largest absolute Gasteiger partial charge is 0.495 e. The van der Waals surface area contributed by atoms with Crippen LogP contribution in [-0.2, 0) is 7.05 Å². The zero-order chi connectivity index (χ0) is 24.0. The molecule has 0 aliphatic heterocycles. The highest BCUT2D eigenvalue weighted by Gasteiger charge is 2.17. The number of aryl methyl sites for hydroxylation is 3. The third-order valence-corrected chi connectivity index (χ3v) is 5.92. The Morgan fingerprint density at radius 2 is 1.85 bits per heavy atom. The SMILES string of the molecule is COc1cc(-c2nc3c(Nc4ccc(-n5cnc(C)c5)c(F)c4)nc(C)cc3n2C)ccc1Cl. The number of benzene rings is 2. The quantitative estimate of drug-likeness (QED) is 0.338. The molecule has 0 aliphatic carbocycles. The maximum atomic E-state index is 14.9. The lowest BCUT2D eigenvalue weighted by molar-refractivity contribution is 0.415. The van der Waals surface area contributed by atoms with Gasteiger partial charge in [0.1, 0.15) is 22.9 Å². The number of aromatic nitrogens is 5. The van der Waals surface area contributed by atoms with E-state index in [1.807, 2.05) is 43.7 Å². The molecule has 0 saturated heterocycles. The Morgan fingerprint density at radius 1 is 1.03 bits per heavy atom. The molecule has 3 aromatic heterocycles. The second kappa shape index (κ2) is 8.46. The third-order valence-electron chi connectivity index (χ3n) is 5.61. The van der Waals surface area contributed by atoms with Crippen molar-refractivity contribution in [2.75, 3.05) is 12.4 Å². The number of fused-ring (bicyclic) bond motifs is 1. The summed E-state index contributed by atoms with van der Waals surface area (Å²) in [7, 11) is 3.52. The van der Waals surface area contributed by atoms with Crippen molar-refractivity contribution in [1.82, 2.24) is 24.1 Å². The summed E-state index contributed by atoms with van der Waals surface area (Å²) in [6, 6.07) is 12.4. The van der Waals surface area contributed by atoms with Gasteiger partial charge >= 0.3 is 0 Å². The number of imidazole rings is 2. The Bertz CT molecular complexity index is 1540. The van der Waals surface area contributed by atoms with Crippen LogP contribution in [0.4, 0.5) is 15.9 Å². The summed E-state index contributed by atoms with van der Waals surface area (Å²) in [6.45, 7) is 3.77. The molecule has 1 N–H and O–H groups in total. The fourth-order valence-electron chi connectivity index (χ4n) is 3.94. The molecule has 0 radical (unpaired) electrons. The van der Waals surface area contributed by atoms with Crippen molar-refractivity contribution in [3.05, 3.63) is 77.2 Å². The highest BCUT2D eigenvalue weighted by Crippen LogP contribution is 2.33. The molecule has 5 aromatic rings. The van der Waals surface area contributed by atoms with Gasteiger partial charge in [-0.1, -0.05) is 11.6 Å². The molecule has 0 spiro atoms. The monoisotopic (exact) mass is 476 g/mol. The van der Waals surface area contributed by atoms with Crippen LogP contribution in [0.1, 0.15) is 11.4 Å². The lowest BCUT2D eigenvalue weighted by atomic mass is 10.2. The fraction of sp³-hybridized carbons (Fsp3) is 0.160. The number of nitrogens with zero attached hydrogens (tertiary/aromatic N) is 5. The van der Waals surface area contributed by atoms with Crippen molar-refractivity contribution in [2.24, 2.45) is 7.05 Å². The van der Waals surface area contributed by atoms with E-state index in [1.165, 1.54) is 6.07 Å². The van der Waals surface area contributed by atoms with Crippen molar-refractivity contribution >= 4 is 34.1 Å². The van der Waals surface area contributed by atoms with Crippen LogP contribution in [0.2, 0.25) is 5.02 Å². The number of pyridine rings is 1. The first-order chi connectivity index (χ1) is 16.3. The highest BCUT2D eigenvalue weighted by molar-refractivity contribution is 6.32. The van der Waals surface area contributed by atoms with Gasteiger partial charge in [-0.2, -0.15) is 0 Å². The van der Waals surface area contributed by atoms with Gasteiger partial charge in [0, 0.05) is 30.2 Å². The first kappa shape index (κ1) is 21.9. The number of hydrogen-bond donors (Lipinski definition) is 1. The van der Waals surface area contributed by atoms with Crippen molar-refractivity contribution < 1.29 is 9.13 Å². The fourth-order valence-corrected chi connectivity index (χ4v) is 4.13. The molecule has 0 bridgehead atoms. The predicted molar refractivity (Wildman–Crippen MR) is 132 cm³/mol. The van der Waals surface area contributed by atoms with Crippen LogP contribution in [0.5, 0.6) is 5.75 Å². The molecule has 7 nitrogen and oxygen atoms in total. The Hall–Kier alpha value is -3.91. The van der Waals surface area contributed by atoms with Gasteiger partial charge in [-0.05, 0) is 56.3 Å². The minimum atomic E-state index is -0.374. The van der Waals surface area contributed by atoms with Crippen LogP contribution in [-0.4, -0.2) is 31.2 Å². The molecule has 9 heteroatoms. The van der Waals surface area contributed by atoms with Crippen molar-refractivity contribution in [1.29, 1.82) is 0 Å². The highest BCUT2D eigenvalue weighted by atomic mass is 35.5. The Kier molecular flexibility index (Phi) is 5.45. The number of ether oxygens (including phenoxy) is 1. The number of hydrogen-bond acceptors (Lipinski definition) is 5. The maximum Gasteiger partial charge on any atom is 0.158 e. The molecule has 34 heavy (non-hydrogen) atoms. The van der Waals surface area contributed by atoms with Crippen LogP contribution < -0.4 is 10.1 Å². The zero-order valence-corrected chi connectivity index (χ0v) is 19.9. The van der Waals surface area contributed by atoms with Gasteiger partial charge in [0.05, 0.1) is 35.4 Å². The number of nitrogens with one attached hydrogen (secondary N) is 1. The Balaban J connectivity index is 1.55. The molecule has 172 valence electrons. The van der Waals surface area contributed by atoms with E-state index in [0.717, 1.165) is 28.3 Å². The molecule has 2 aromatic carbocycles. The molecule has 0 saturated carbocycles. The minimum absolute atomic E-state index is 0.374. The van der Waals surface area contributed by atoms with Crippen LogP contribution in [0.15, 0.2) is 55.0 Å². The van der Waals surface area contributed by atoms with Crippen molar-refractivity contribution in [3.63, 3.8) is 0 Å². The lowest BCUT2D eigenvalue weighted by Gasteiger charge is -2.10. The molecular weight excluding hydrogens is 455 g/mol. The second-order valence-corrected chi connectivity index (χ2v) is 8.44. The van der Waals surface area contributed by atoms with Gasteiger partial charge < -0.3 is 19.2 Å². The number of rotatable bonds is 5. The molecule has 0 atom stereocenters. The summed E-state index contributed by atoms with van der Waals surface area (Å²) in [5.41, 5.74) is 5.04. The van der Waals surface area contributed by atoms with E-state index in [4.69, 9.17) is 21.3 Å². The first-order valence-electron chi connectivity index (χ1n) is 10.6. The predicted octanol–water partition coefficient (Wildman–Crippen LogP) is 5.98. The second-order valence-electron chi connectivity index (χ2n) is 8.04. The molecule has 5 rings (SSSR count). The van der Waals surface area contributed by atoms with Gasteiger partial charge in [-0.25, -0.2) is 19.3 Å². The molecule has 0 fully saturated rings. The van der Waals surface area contributed by atoms with Crippen molar-refractivity contribution in [3.8, 4) is 22.8 Å². The van der Waals surface area contributed by atoms with Gasteiger partial charge in [-0.3, -0.25) is 0 Å². The standard InChI is InChI=1S/C25H22ClFN6O/c1-14-9-21-23(31-25(32(21)3)16-5-7-18(26)22(10-16)34-4)24(29-14)30-17-6-8-20(19(27)11-17)33-12-15(2)28-13-33/h5-13H,1-4H3,(H,29,30). The normalized spacial score (nSPS) is 11.2. The molecular formula is C25H22ClFN6O. The summed E-state index contributed by atoms with van der Waals surface area (Å²) in [5, 5.41) is 3.77. The molecule has 0 aliphatic rings. The summed E-state index contributed by atoms with van der Waals surface area (Å²) in [5.74, 6) is 1.48. The summed E-state index contributed by atoms with van der Waals surface area (Å²) >= 11 is 6.19. The Labute approximate surface area is 200 Å². The molecule has 0 unspecified atom stereocenters. The van der Waals surface area contributed by atoms with Crippen LogP contribution in [0.3, 0.4) is 0 Å². The van der Waals surface area contributed by atoms with E-state index < -0.39 is 0 Å². The zero-order valence-electron chi connectivity index (χ0n) is 19.1. The maximum absolute atomic E-state index is 14.9. The van der Waals surface area contributed by atoms with E-state index in [0.29, 0.717) is 33.5 Å². The van der Waals surface area contributed by atoms with Crippen LogP contribution in [0.25, 0.3) is 28.1 Å².